The minimum absolute atomic E-state index is 0.685. The molecule has 0 saturated heterocycles. The molecule has 0 radical (unpaired) electrons. The summed E-state index contributed by atoms with van der Waals surface area (Å²) in [4.78, 5) is 0. The van der Waals surface area contributed by atoms with Crippen LogP contribution in [0.4, 0.5) is 0 Å². The number of hydrogen-bond donors (Lipinski definition) is 0. The smallest absolute Gasteiger partial charge is 0.188 e. The van der Waals surface area contributed by atoms with Crippen molar-refractivity contribution in [2.24, 2.45) is 5.92 Å². The van der Waals surface area contributed by atoms with Crippen LogP contribution in [0.25, 0.3) is 0 Å². The molecule has 0 aromatic rings. The van der Waals surface area contributed by atoms with Crippen LogP contribution in [0.2, 0.25) is 0 Å². The van der Waals surface area contributed by atoms with E-state index in [1.54, 1.807) is 0 Å². The van der Waals surface area contributed by atoms with Gasteiger partial charge in [-0.05, 0) is 44.4 Å². The van der Waals surface area contributed by atoms with Gasteiger partial charge in [0.15, 0.2) is 6.49 Å². The zero-order valence-electron chi connectivity index (χ0n) is 9.91. The van der Waals surface area contributed by atoms with Crippen molar-refractivity contribution in [3.05, 3.63) is 0 Å². The van der Waals surface area contributed by atoms with Gasteiger partial charge in [0.05, 0.1) is 13.2 Å². The molecule has 0 bridgehead atoms. The fourth-order valence-corrected chi connectivity index (χ4v) is 5.56. The zero-order chi connectivity index (χ0) is 11.1. The standard InChI is InChI=1S/C11H23O2PS/c1-3-12-14(15,13-4-2)10-11-8-6-5-7-9-11/h11H,3-10H2,1-2H3. The predicted octanol–water partition coefficient (Wildman–Crippen LogP) is 3.95. The summed E-state index contributed by atoms with van der Waals surface area (Å²) in [6.45, 7) is 3.42. The molecular formula is C11H23O2PS. The molecule has 0 aliphatic heterocycles. The summed E-state index contributed by atoms with van der Waals surface area (Å²) >= 11 is 5.55. The van der Waals surface area contributed by atoms with Gasteiger partial charge in [0.25, 0.3) is 0 Å². The summed E-state index contributed by atoms with van der Waals surface area (Å²) in [5.41, 5.74) is 0. The van der Waals surface area contributed by atoms with Crippen molar-refractivity contribution in [2.75, 3.05) is 19.4 Å². The van der Waals surface area contributed by atoms with Crippen LogP contribution < -0.4 is 0 Å². The highest BCUT2D eigenvalue weighted by atomic mass is 32.5. The Hall–Kier alpha value is 0.570. The van der Waals surface area contributed by atoms with Gasteiger partial charge < -0.3 is 9.05 Å². The molecule has 1 aliphatic carbocycles. The van der Waals surface area contributed by atoms with Gasteiger partial charge in [0, 0.05) is 6.16 Å². The second kappa shape index (κ2) is 7.01. The minimum Gasteiger partial charge on any atom is -0.330 e. The van der Waals surface area contributed by atoms with Gasteiger partial charge in [-0.3, -0.25) is 0 Å². The lowest BCUT2D eigenvalue weighted by atomic mass is 9.91. The molecule has 0 unspecified atom stereocenters. The van der Waals surface area contributed by atoms with E-state index >= 15 is 0 Å². The molecule has 0 amide bonds. The first-order chi connectivity index (χ1) is 7.20. The molecule has 0 spiro atoms. The van der Waals surface area contributed by atoms with Gasteiger partial charge in [0.2, 0.25) is 0 Å². The summed E-state index contributed by atoms with van der Waals surface area (Å²) in [6, 6.07) is 0. The Balaban J connectivity index is 2.45. The molecule has 0 N–H and O–H groups in total. The normalized spacial score (nSPS) is 19.3. The first-order valence-corrected chi connectivity index (χ1v) is 8.90. The molecular weight excluding hydrogens is 227 g/mol. The van der Waals surface area contributed by atoms with Crippen LogP contribution in [0.5, 0.6) is 0 Å². The number of rotatable bonds is 6. The Kier molecular flexibility index (Phi) is 6.37. The SMILES string of the molecule is CCOP(=S)(CC1CCCCC1)OCC. The van der Waals surface area contributed by atoms with E-state index in [-0.39, 0.29) is 0 Å². The molecule has 1 rings (SSSR count). The van der Waals surface area contributed by atoms with E-state index in [0.29, 0.717) is 13.2 Å². The largest absolute Gasteiger partial charge is 0.330 e. The van der Waals surface area contributed by atoms with E-state index in [0.717, 1.165) is 12.1 Å². The first-order valence-electron chi connectivity index (χ1n) is 6.08. The van der Waals surface area contributed by atoms with Crippen LogP contribution in [0.15, 0.2) is 0 Å². The molecule has 1 aliphatic rings. The second-order valence-electron chi connectivity index (χ2n) is 4.13. The molecule has 2 nitrogen and oxygen atoms in total. The molecule has 1 saturated carbocycles. The van der Waals surface area contributed by atoms with Gasteiger partial charge in [-0.15, -0.1) is 0 Å². The van der Waals surface area contributed by atoms with Crippen LogP contribution >= 0.6 is 6.49 Å². The highest BCUT2D eigenvalue weighted by molar-refractivity contribution is 8.09. The van der Waals surface area contributed by atoms with Gasteiger partial charge in [-0.1, -0.05) is 19.3 Å². The molecule has 0 aromatic carbocycles. The molecule has 4 heteroatoms. The van der Waals surface area contributed by atoms with E-state index in [4.69, 9.17) is 20.9 Å². The Morgan fingerprint density at radius 2 is 1.60 bits per heavy atom. The highest BCUT2D eigenvalue weighted by Crippen LogP contribution is 2.51. The summed E-state index contributed by atoms with van der Waals surface area (Å²) in [7, 11) is 0. The predicted molar refractivity (Wildman–Crippen MR) is 69.0 cm³/mol. The molecule has 0 atom stereocenters. The number of hydrogen-bond acceptors (Lipinski definition) is 3. The van der Waals surface area contributed by atoms with Crippen molar-refractivity contribution in [1.82, 2.24) is 0 Å². The van der Waals surface area contributed by atoms with Crippen LogP contribution in [-0.4, -0.2) is 19.4 Å². The Morgan fingerprint density at radius 3 is 2.07 bits per heavy atom. The Morgan fingerprint density at radius 1 is 1.07 bits per heavy atom. The summed E-state index contributed by atoms with van der Waals surface area (Å²) in [5, 5.41) is 0. The van der Waals surface area contributed by atoms with E-state index in [2.05, 4.69) is 0 Å². The van der Waals surface area contributed by atoms with E-state index in [1.807, 2.05) is 13.8 Å². The maximum atomic E-state index is 5.68. The highest BCUT2D eigenvalue weighted by Gasteiger charge is 2.24. The maximum absolute atomic E-state index is 5.68. The maximum Gasteiger partial charge on any atom is 0.188 e. The summed E-state index contributed by atoms with van der Waals surface area (Å²) in [6.07, 6.45) is 7.74. The van der Waals surface area contributed by atoms with Gasteiger partial charge in [-0.25, -0.2) is 0 Å². The van der Waals surface area contributed by atoms with E-state index in [9.17, 15) is 0 Å². The lowest BCUT2D eigenvalue weighted by Gasteiger charge is -2.28. The minimum atomic E-state index is -1.95. The van der Waals surface area contributed by atoms with E-state index < -0.39 is 6.49 Å². The van der Waals surface area contributed by atoms with Crippen molar-refractivity contribution in [3.8, 4) is 0 Å². The Bertz CT molecular complexity index is 205. The van der Waals surface area contributed by atoms with Crippen molar-refractivity contribution < 1.29 is 9.05 Å². The van der Waals surface area contributed by atoms with Crippen LogP contribution in [0.1, 0.15) is 46.0 Å². The van der Waals surface area contributed by atoms with E-state index in [1.165, 1.54) is 32.1 Å². The molecule has 0 heterocycles. The van der Waals surface area contributed by atoms with Crippen LogP contribution in [0, 0.1) is 5.92 Å². The summed E-state index contributed by atoms with van der Waals surface area (Å²) in [5.74, 6) is 0.752. The first kappa shape index (κ1) is 13.6. The van der Waals surface area contributed by atoms with Gasteiger partial charge in [-0.2, -0.15) is 0 Å². The fraction of sp³-hybridized carbons (Fsp3) is 1.00. The van der Waals surface area contributed by atoms with Crippen molar-refractivity contribution in [1.29, 1.82) is 0 Å². The third kappa shape index (κ3) is 4.95. The van der Waals surface area contributed by atoms with Crippen LogP contribution in [0.3, 0.4) is 0 Å². The lowest BCUT2D eigenvalue weighted by molar-refractivity contribution is 0.257. The Labute approximate surface area is 98.9 Å². The molecule has 1 fully saturated rings. The average molecular weight is 250 g/mol. The molecule has 0 aromatic heterocycles. The quantitative estimate of drug-likeness (QED) is 0.665. The summed E-state index contributed by atoms with van der Waals surface area (Å²) < 4.78 is 11.4. The zero-order valence-corrected chi connectivity index (χ0v) is 11.6. The average Bonchev–Trinajstić information content (AvgIpc) is 2.19. The van der Waals surface area contributed by atoms with Gasteiger partial charge >= 0.3 is 0 Å². The third-order valence-corrected chi connectivity index (χ3v) is 6.20. The van der Waals surface area contributed by atoms with Crippen molar-refractivity contribution in [2.45, 2.75) is 46.0 Å². The monoisotopic (exact) mass is 250 g/mol. The topological polar surface area (TPSA) is 18.5 Å². The van der Waals surface area contributed by atoms with Crippen molar-refractivity contribution >= 4 is 18.3 Å². The second-order valence-corrected chi connectivity index (χ2v) is 7.91. The molecule has 90 valence electrons. The van der Waals surface area contributed by atoms with Crippen molar-refractivity contribution in [3.63, 3.8) is 0 Å². The fourth-order valence-electron chi connectivity index (χ4n) is 2.22. The third-order valence-electron chi connectivity index (χ3n) is 2.86. The lowest BCUT2D eigenvalue weighted by Crippen LogP contribution is -2.13. The van der Waals surface area contributed by atoms with Gasteiger partial charge in [0.1, 0.15) is 0 Å². The van der Waals surface area contributed by atoms with Crippen LogP contribution in [-0.2, 0) is 20.9 Å². The molecule has 15 heavy (non-hydrogen) atoms.